The van der Waals surface area contributed by atoms with Crippen LogP contribution in [0.3, 0.4) is 0 Å². The van der Waals surface area contributed by atoms with Crippen LogP contribution in [-0.4, -0.2) is 45.4 Å². The zero-order chi connectivity index (χ0) is 23.3. The van der Waals surface area contributed by atoms with E-state index in [-0.39, 0.29) is 21.5 Å². The predicted octanol–water partition coefficient (Wildman–Crippen LogP) is 4.55. The summed E-state index contributed by atoms with van der Waals surface area (Å²) in [6, 6.07) is 11.1. The lowest BCUT2D eigenvalue weighted by atomic mass is 9.92. The first-order valence-corrected chi connectivity index (χ1v) is 12.9. The highest BCUT2D eigenvalue weighted by molar-refractivity contribution is 7.92. The van der Waals surface area contributed by atoms with Crippen LogP contribution >= 0.6 is 11.6 Å². The van der Waals surface area contributed by atoms with Crippen LogP contribution in [0.15, 0.2) is 47.4 Å². The van der Waals surface area contributed by atoms with Gasteiger partial charge in [-0.15, -0.1) is 0 Å². The number of amides is 1. The Morgan fingerprint density at radius 3 is 2.38 bits per heavy atom. The molecule has 0 saturated carbocycles. The monoisotopic (exact) mass is 477 g/mol. The average Bonchev–Trinajstić information content (AvgIpc) is 2.72. The molecule has 0 aromatic heterocycles. The number of nitrogens with one attached hydrogen (secondary N) is 2. The van der Waals surface area contributed by atoms with Crippen molar-refractivity contribution in [2.75, 3.05) is 30.9 Å². The van der Waals surface area contributed by atoms with Crippen molar-refractivity contribution in [2.45, 2.75) is 38.5 Å². The maximum Gasteiger partial charge on any atom is 0.261 e. The van der Waals surface area contributed by atoms with E-state index in [2.05, 4.69) is 28.8 Å². The van der Waals surface area contributed by atoms with Crippen LogP contribution in [0, 0.1) is 18.8 Å². The van der Waals surface area contributed by atoms with Gasteiger partial charge in [0.1, 0.15) is 0 Å². The van der Waals surface area contributed by atoms with E-state index in [1.165, 1.54) is 18.6 Å². The smallest absolute Gasteiger partial charge is 0.261 e. The molecule has 2 atom stereocenters. The molecule has 0 aliphatic carbocycles. The van der Waals surface area contributed by atoms with Crippen molar-refractivity contribution >= 4 is 33.2 Å². The van der Waals surface area contributed by atoms with E-state index >= 15 is 0 Å². The SMILES string of the molecule is Cc1ccc(S(=O)(=O)Nc2ccc(C(=O)NCCCN3C[C@@H](C)C[C@H](C)C3)cc2Cl)cc1. The zero-order valence-corrected chi connectivity index (χ0v) is 20.5. The fourth-order valence-electron chi connectivity index (χ4n) is 4.24. The molecule has 0 unspecified atom stereocenters. The minimum Gasteiger partial charge on any atom is -0.352 e. The maximum atomic E-state index is 12.6. The van der Waals surface area contributed by atoms with Gasteiger partial charge in [-0.1, -0.05) is 43.1 Å². The van der Waals surface area contributed by atoms with Gasteiger partial charge in [-0.2, -0.15) is 0 Å². The summed E-state index contributed by atoms with van der Waals surface area (Å²) >= 11 is 6.27. The minimum atomic E-state index is -3.76. The minimum absolute atomic E-state index is 0.151. The zero-order valence-electron chi connectivity index (χ0n) is 18.9. The third-order valence-electron chi connectivity index (χ3n) is 5.69. The summed E-state index contributed by atoms with van der Waals surface area (Å²) in [6.07, 6.45) is 2.17. The highest BCUT2D eigenvalue weighted by Crippen LogP contribution is 2.26. The Morgan fingerprint density at radius 1 is 1.09 bits per heavy atom. The molecule has 1 saturated heterocycles. The van der Waals surface area contributed by atoms with Gasteiger partial charge < -0.3 is 10.2 Å². The summed E-state index contributed by atoms with van der Waals surface area (Å²) in [7, 11) is -3.76. The standard InChI is InChI=1S/C24H32ClN3O3S/c1-17-5-8-21(9-6-17)32(30,31)27-23-10-7-20(14-22(23)25)24(29)26-11-4-12-28-15-18(2)13-19(3)16-28/h5-10,14,18-19,27H,4,11-13,15-16H2,1-3H3,(H,26,29)/t18-,19-/m0/s1. The van der Waals surface area contributed by atoms with Crippen LogP contribution in [0.2, 0.25) is 5.02 Å². The highest BCUT2D eigenvalue weighted by atomic mass is 35.5. The molecule has 2 aromatic rings. The summed E-state index contributed by atoms with van der Waals surface area (Å²) in [4.78, 5) is 15.1. The number of carbonyl (C=O) groups excluding carboxylic acids is 1. The van der Waals surface area contributed by atoms with Gasteiger partial charge >= 0.3 is 0 Å². The van der Waals surface area contributed by atoms with E-state index in [0.29, 0.717) is 12.1 Å². The topological polar surface area (TPSA) is 78.5 Å². The molecule has 174 valence electrons. The second kappa shape index (κ2) is 10.7. The Labute approximate surface area is 196 Å². The number of rotatable bonds is 8. The number of hydrogen-bond acceptors (Lipinski definition) is 4. The van der Waals surface area contributed by atoms with Crippen LogP contribution in [0.5, 0.6) is 0 Å². The first-order chi connectivity index (χ1) is 15.1. The van der Waals surface area contributed by atoms with Crippen molar-refractivity contribution in [3.8, 4) is 0 Å². The molecular weight excluding hydrogens is 446 g/mol. The number of nitrogens with zero attached hydrogens (tertiary/aromatic N) is 1. The molecule has 8 heteroatoms. The van der Waals surface area contributed by atoms with Gasteiger partial charge in [-0.25, -0.2) is 8.42 Å². The molecule has 1 aliphatic heterocycles. The van der Waals surface area contributed by atoms with Crippen LogP contribution in [0.1, 0.15) is 42.6 Å². The molecule has 6 nitrogen and oxygen atoms in total. The number of likely N-dealkylation sites (tertiary alicyclic amines) is 1. The van der Waals surface area contributed by atoms with E-state index < -0.39 is 10.0 Å². The molecule has 1 fully saturated rings. The van der Waals surface area contributed by atoms with Crippen LogP contribution in [0.4, 0.5) is 5.69 Å². The summed E-state index contributed by atoms with van der Waals surface area (Å²) in [5.74, 6) is 1.22. The van der Waals surface area contributed by atoms with Crippen molar-refractivity contribution < 1.29 is 13.2 Å². The Kier molecular flexibility index (Phi) is 8.20. The summed E-state index contributed by atoms with van der Waals surface area (Å²) < 4.78 is 27.6. The summed E-state index contributed by atoms with van der Waals surface area (Å²) in [6.45, 7) is 10.3. The summed E-state index contributed by atoms with van der Waals surface area (Å²) in [5, 5.41) is 3.10. The van der Waals surface area contributed by atoms with Crippen molar-refractivity contribution in [1.82, 2.24) is 10.2 Å². The third kappa shape index (κ3) is 6.70. The van der Waals surface area contributed by atoms with Gasteiger partial charge in [-0.05, 0) is 68.5 Å². The van der Waals surface area contributed by atoms with Crippen LogP contribution < -0.4 is 10.0 Å². The Hall–Kier alpha value is -2.09. The quantitative estimate of drug-likeness (QED) is 0.547. The van der Waals surface area contributed by atoms with Gasteiger partial charge in [0.2, 0.25) is 0 Å². The van der Waals surface area contributed by atoms with E-state index in [0.717, 1.165) is 43.5 Å². The van der Waals surface area contributed by atoms with Gasteiger partial charge in [0.05, 0.1) is 15.6 Å². The fraction of sp³-hybridized carbons (Fsp3) is 0.458. The maximum absolute atomic E-state index is 12.6. The molecule has 2 aromatic carbocycles. The second-order valence-electron chi connectivity index (χ2n) is 8.93. The first-order valence-electron chi connectivity index (χ1n) is 11.0. The molecule has 32 heavy (non-hydrogen) atoms. The van der Waals surface area contributed by atoms with E-state index in [1.807, 2.05) is 6.92 Å². The average molecular weight is 478 g/mol. The number of hydrogen-bond donors (Lipinski definition) is 2. The summed E-state index contributed by atoms with van der Waals surface area (Å²) in [5.41, 5.74) is 1.60. The van der Waals surface area contributed by atoms with Crippen LogP contribution in [0.25, 0.3) is 0 Å². The lowest BCUT2D eigenvalue weighted by molar-refractivity contribution is 0.0947. The number of benzene rings is 2. The first kappa shape index (κ1) is 24.6. The molecule has 0 bridgehead atoms. The van der Waals surface area contributed by atoms with Crippen LogP contribution in [-0.2, 0) is 10.0 Å². The molecule has 2 N–H and O–H groups in total. The number of halogens is 1. The number of carbonyl (C=O) groups is 1. The van der Waals surface area contributed by atoms with E-state index in [4.69, 9.17) is 11.6 Å². The number of aryl methyl sites for hydroxylation is 1. The largest absolute Gasteiger partial charge is 0.352 e. The lowest BCUT2D eigenvalue weighted by Gasteiger charge is -2.34. The lowest BCUT2D eigenvalue weighted by Crippen LogP contribution is -2.40. The fourth-order valence-corrected chi connectivity index (χ4v) is 5.61. The Morgan fingerprint density at radius 2 is 1.75 bits per heavy atom. The molecule has 1 heterocycles. The van der Waals surface area contributed by atoms with Crippen molar-refractivity contribution in [2.24, 2.45) is 11.8 Å². The number of anilines is 1. The van der Waals surface area contributed by atoms with E-state index in [1.54, 1.807) is 30.3 Å². The van der Waals surface area contributed by atoms with Gasteiger partial charge in [0, 0.05) is 25.2 Å². The van der Waals surface area contributed by atoms with E-state index in [9.17, 15) is 13.2 Å². The molecular formula is C24H32ClN3O3S. The van der Waals surface area contributed by atoms with Gasteiger partial charge in [-0.3, -0.25) is 9.52 Å². The van der Waals surface area contributed by atoms with Crippen molar-refractivity contribution in [3.05, 3.63) is 58.6 Å². The molecule has 0 spiro atoms. The third-order valence-corrected chi connectivity index (χ3v) is 7.38. The van der Waals surface area contributed by atoms with Crippen molar-refractivity contribution in [3.63, 3.8) is 0 Å². The van der Waals surface area contributed by atoms with Gasteiger partial charge in [0.15, 0.2) is 0 Å². The molecule has 0 radical (unpaired) electrons. The Bertz CT molecular complexity index is 1030. The highest BCUT2D eigenvalue weighted by Gasteiger charge is 2.21. The molecule has 1 aliphatic rings. The number of sulfonamides is 1. The number of piperidine rings is 1. The second-order valence-corrected chi connectivity index (χ2v) is 11.0. The van der Waals surface area contributed by atoms with Gasteiger partial charge in [0.25, 0.3) is 15.9 Å². The Balaban J connectivity index is 1.52. The molecule has 3 rings (SSSR count). The molecule has 1 amide bonds. The van der Waals surface area contributed by atoms with Crippen molar-refractivity contribution in [1.29, 1.82) is 0 Å². The predicted molar refractivity (Wildman–Crippen MR) is 130 cm³/mol. The normalized spacial score (nSPS) is 19.5.